The number of hydrogen-bond acceptors (Lipinski definition) is 4. The molecule has 0 fully saturated rings. The lowest BCUT2D eigenvalue weighted by molar-refractivity contribution is -0.133. The van der Waals surface area contributed by atoms with Crippen molar-refractivity contribution in [3.63, 3.8) is 0 Å². The molecule has 0 saturated heterocycles. The Balaban J connectivity index is 1.48. The molecule has 1 aromatic heterocycles. The van der Waals surface area contributed by atoms with Crippen LogP contribution in [0.2, 0.25) is 5.02 Å². The molecule has 2 aliphatic heterocycles. The molecule has 2 aromatic carbocycles. The first kappa shape index (κ1) is 19.2. The van der Waals surface area contributed by atoms with Gasteiger partial charge in [0, 0.05) is 16.4 Å². The van der Waals surface area contributed by atoms with Crippen LogP contribution in [0, 0.1) is 0 Å². The lowest BCUT2D eigenvalue weighted by Crippen LogP contribution is -2.49. The van der Waals surface area contributed by atoms with E-state index >= 15 is 0 Å². The van der Waals surface area contributed by atoms with E-state index in [1.807, 2.05) is 35.2 Å². The second-order valence-electron chi connectivity index (χ2n) is 7.33. The second-order valence-corrected chi connectivity index (χ2v) is 8.77. The number of benzene rings is 2. The number of rotatable bonds is 3. The maximum atomic E-state index is 13.5. The van der Waals surface area contributed by atoms with E-state index in [2.05, 4.69) is 11.4 Å². The van der Waals surface area contributed by atoms with Crippen molar-refractivity contribution >= 4 is 40.4 Å². The Morgan fingerprint density at radius 1 is 1.17 bits per heavy atom. The standard InChI is InChI=1S/C23H19ClN2O3S/c24-16-6-7-19-18(12-16)26(22(28)14-29-19)13-21(27)25-10-8-20-17(9-11-30-20)23(25)15-4-2-1-3-5-15/h1-7,9,11-12,23H,8,10,13-14H2. The highest BCUT2D eigenvalue weighted by Crippen LogP contribution is 2.39. The normalized spacial score (nSPS) is 17.9. The molecule has 0 bridgehead atoms. The molecule has 0 spiro atoms. The Labute approximate surface area is 183 Å². The molecule has 5 rings (SSSR count). The molecule has 1 atom stereocenters. The molecule has 0 N–H and O–H groups in total. The number of amides is 2. The zero-order chi connectivity index (χ0) is 20.7. The van der Waals surface area contributed by atoms with Crippen LogP contribution >= 0.6 is 22.9 Å². The minimum Gasteiger partial charge on any atom is -0.482 e. The first-order valence-electron chi connectivity index (χ1n) is 9.75. The van der Waals surface area contributed by atoms with Crippen LogP contribution in [0.15, 0.2) is 60.0 Å². The Bertz CT molecular complexity index is 1110. The summed E-state index contributed by atoms with van der Waals surface area (Å²) in [5, 5.41) is 2.57. The van der Waals surface area contributed by atoms with E-state index < -0.39 is 0 Å². The molecule has 7 heteroatoms. The molecule has 0 saturated carbocycles. The smallest absolute Gasteiger partial charge is 0.265 e. The van der Waals surface area contributed by atoms with Crippen LogP contribution in [0.1, 0.15) is 22.0 Å². The maximum Gasteiger partial charge on any atom is 0.265 e. The average Bonchev–Trinajstić information content (AvgIpc) is 3.24. The largest absolute Gasteiger partial charge is 0.482 e. The van der Waals surface area contributed by atoms with Crippen LogP contribution in [-0.4, -0.2) is 36.4 Å². The van der Waals surface area contributed by atoms with Crippen molar-refractivity contribution in [3.8, 4) is 5.75 Å². The average molecular weight is 439 g/mol. The highest BCUT2D eigenvalue weighted by Gasteiger charge is 2.35. The minimum atomic E-state index is -0.248. The van der Waals surface area contributed by atoms with Gasteiger partial charge in [0.25, 0.3) is 5.91 Å². The van der Waals surface area contributed by atoms with Crippen LogP contribution in [0.25, 0.3) is 0 Å². The van der Waals surface area contributed by atoms with Gasteiger partial charge in [0.15, 0.2) is 6.61 Å². The van der Waals surface area contributed by atoms with Crippen LogP contribution in [0.5, 0.6) is 5.75 Å². The number of fused-ring (bicyclic) bond motifs is 2. The van der Waals surface area contributed by atoms with Crippen molar-refractivity contribution in [1.82, 2.24) is 4.90 Å². The molecule has 152 valence electrons. The number of halogens is 1. The van der Waals surface area contributed by atoms with Crippen molar-refractivity contribution in [1.29, 1.82) is 0 Å². The number of hydrogen-bond donors (Lipinski definition) is 0. The second kappa shape index (κ2) is 7.78. The summed E-state index contributed by atoms with van der Waals surface area (Å²) in [5.41, 5.74) is 2.78. The van der Waals surface area contributed by atoms with Gasteiger partial charge in [0.2, 0.25) is 5.91 Å². The molecule has 1 unspecified atom stereocenters. The molecule has 5 nitrogen and oxygen atoms in total. The first-order chi connectivity index (χ1) is 14.6. The van der Waals surface area contributed by atoms with Crippen LogP contribution < -0.4 is 9.64 Å². The molecule has 2 aliphatic rings. The third kappa shape index (κ3) is 3.36. The van der Waals surface area contributed by atoms with Crippen LogP contribution in [-0.2, 0) is 16.0 Å². The topological polar surface area (TPSA) is 49.9 Å². The van der Waals surface area contributed by atoms with Gasteiger partial charge in [0.05, 0.1) is 11.7 Å². The number of carbonyl (C=O) groups excluding carboxylic acids is 2. The highest BCUT2D eigenvalue weighted by molar-refractivity contribution is 7.10. The van der Waals surface area contributed by atoms with E-state index in [-0.39, 0.29) is 31.0 Å². The van der Waals surface area contributed by atoms with E-state index in [9.17, 15) is 9.59 Å². The molecule has 3 aromatic rings. The van der Waals surface area contributed by atoms with Gasteiger partial charge in [-0.1, -0.05) is 41.9 Å². The van der Waals surface area contributed by atoms with Gasteiger partial charge in [-0.2, -0.15) is 0 Å². The summed E-state index contributed by atoms with van der Waals surface area (Å²) in [7, 11) is 0. The van der Waals surface area contributed by atoms with Gasteiger partial charge < -0.3 is 9.64 Å². The van der Waals surface area contributed by atoms with Crippen molar-refractivity contribution in [2.45, 2.75) is 12.5 Å². The summed E-state index contributed by atoms with van der Waals surface area (Å²) < 4.78 is 5.50. The summed E-state index contributed by atoms with van der Waals surface area (Å²) in [4.78, 5) is 30.8. The molecule has 3 heterocycles. The lowest BCUT2D eigenvalue weighted by atomic mass is 9.93. The van der Waals surface area contributed by atoms with Gasteiger partial charge in [-0.05, 0) is 47.2 Å². The van der Waals surface area contributed by atoms with Crippen LogP contribution in [0.4, 0.5) is 5.69 Å². The van der Waals surface area contributed by atoms with Crippen molar-refractivity contribution < 1.29 is 14.3 Å². The fraction of sp³-hybridized carbons (Fsp3) is 0.217. The van der Waals surface area contributed by atoms with Crippen molar-refractivity contribution in [3.05, 3.63) is 81.0 Å². The predicted molar refractivity (Wildman–Crippen MR) is 117 cm³/mol. The Morgan fingerprint density at radius 2 is 2.00 bits per heavy atom. The summed E-state index contributed by atoms with van der Waals surface area (Å²) in [6.45, 7) is 0.490. The SMILES string of the molecule is O=C1COc2ccc(Cl)cc2N1CC(=O)N1CCc2sccc2C1c1ccccc1. The van der Waals surface area contributed by atoms with Gasteiger partial charge >= 0.3 is 0 Å². The minimum absolute atomic E-state index is 0.0433. The molecule has 0 radical (unpaired) electrons. The number of nitrogens with zero attached hydrogens (tertiary/aromatic N) is 2. The Morgan fingerprint density at radius 3 is 2.83 bits per heavy atom. The quantitative estimate of drug-likeness (QED) is 0.612. The van der Waals surface area contributed by atoms with Crippen LogP contribution in [0.3, 0.4) is 0 Å². The molecular formula is C23H19ClN2O3S. The fourth-order valence-electron chi connectivity index (χ4n) is 4.15. The maximum absolute atomic E-state index is 13.5. The third-order valence-corrected chi connectivity index (χ3v) is 6.79. The molecule has 30 heavy (non-hydrogen) atoms. The van der Waals surface area contributed by atoms with Gasteiger partial charge in [0.1, 0.15) is 12.3 Å². The number of thiophene rings is 1. The number of carbonyl (C=O) groups is 2. The van der Waals surface area contributed by atoms with E-state index in [1.165, 1.54) is 15.3 Å². The van der Waals surface area contributed by atoms with E-state index in [1.54, 1.807) is 29.5 Å². The van der Waals surface area contributed by atoms with E-state index in [4.69, 9.17) is 16.3 Å². The van der Waals surface area contributed by atoms with Gasteiger partial charge in [-0.25, -0.2) is 0 Å². The fourth-order valence-corrected chi connectivity index (χ4v) is 5.22. The first-order valence-corrected chi connectivity index (χ1v) is 11.0. The molecule has 0 aliphatic carbocycles. The lowest BCUT2D eigenvalue weighted by Gasteiger charge is -2.38. The van der Waals surface area contributed by atoms with Crippen molar-refractivity contribution in [2.24, 2.45) is 0 Å². The highest BCUT2D eigenvalue weighted by atomic mass is 35.5. The number of anilines is 1. The number of ether oxygens (including phenoxy) is 1. The Kier molecular flexibility index (Phi) is 4.97. The summed E-state index contributed by atoms with van der Waals surface area (Å²) in [6.07, 6.45) is 0.821. The zero-order valence-electron chi connectivity index (χ0n) is 16.1. The summed E-state index contributed by atoms with van der Waals surface area (Å²) in [6, 6.07) is 17.1. The third-order valence-electron chi connectivity index (χ3n) is 5.56. The monoisotopic (exact) mass is 438 g/mol. The molecule has 2 amide bonds. The van der Waals surface area contributed by atoms with E-state index in [0.717, 1.165) is 12.0 Å². The molecular weight excluding hydrogens is 420 g/mol. The zero-order valence-corrected chi connectivity index (χ0v) is 17.7. The van der Waals surface area contributed by atoms with E-state index in [0.29, 0.717) is 23.0 Å². The van der Waals surface area contributed by atoms with Gasteiger partial charge in [-0.3, -0.25) is 14.5 Å². The summed E-state index contributed by atoms with van der Waals surface area (Å²) in [5.74, 6) is 0.217. The van der Waals surface area contributed by atoms with Gasteiger partial charge in [-0.15, -0.1) is 11.3 Å². The van der Waals surface area contributed by atoms with Crippen molar-refractivity contribution in [2.75, 3.05) is 24.6 Å². The Hall–Kier alpha value is -2.83. The predicted octanol–water partition coefficient (Wildman–Crippen LogP) is 4.30. The summed E-state index contributed by atoms with van der Waals surface area (Å²) >= 11 is 7.87.